The van der Waals surface area contributed by atoms with Crippen LogP contribution in [0.4, 0.5) is 10.1 Å². The number of hydrogen-bond donors (Lipinski definition) is 1. The molecule has 86 valence electrons. The van der Waals surface area contributed by atoms with Gasteiger partial charge in [0.2, 0.25) is 11.9 Å². The van der Waals surface area contributed by atoms with Gasteiger partial charge < -0.3 is 10.1 Å². The van der Waals surface area contributed by atoms with Gasteiger partial charge in [-0.1, -0.05) is 0 Å². The minimum absolute atomic E-state index is 0.0617. The molecule has 1 amide bonds. The summed E-state index contributed by atoms with van der Waals surface area (Å²) in [5.41, 5.74) is 0.505. The summed E-state index contributed by atoms with van der Waals surface area (Å²) in [6, 6.07) is 2.70. The molecule has 1 fully saturated rings. The van der Waals surface area contributed by atoms with Gasteiger partial charge >= 0.3 is 0 Å². The predicted octanol–water partition coefficient (Wildman–Crippen LogP) is 1.58. The maximum absolute atomic E-state index is 12.5. The minimum Gasteiger partial charge on any atom is -0.378 e. The average molecular weight is 224 g/mol. The van der Waals surface area contributed by atoms with Crippen molar-refractivity contribution in [3.63, 3.8) is 0 Å². The van der Waals surface area contributed by atoms with Crippen molar-refractivity contribution in [2.45, 2.75) is 19.4 Å². The molecule has 1 aromatic heterocycles. The van der Waals surface area contributed by atoms with Gasteiger partial charge in [-0.05, 0) is 25.5 Å². The quantitative estimate of drug-likeness (QED) is 0.776. The molecule has 1 saturated heterocycles. The fourth-order valence-corrected chi connectivity index (χ4v) is 1.76. The number of anilines is 1. The Morgan fingerprint density at radius 3 is 3.00 bits per heavy atom. The molecule has 4 nitrogen and oxygen atoms in total. The molecule has 0 aromatic carbocycles. The molecule has 1 aliphatic rings. The Morgan fingerprint density at radius 1 is 1.62 bits per heavy atom. The number of carbonyl (C=O) groups excluding carboxylic acids is 1. The number of ether oxygens (including phenoxy) is 1. The van der Waals surface area contributed by atoms with Crippen LogP contribution < -0.4 is 5.32 Å². The lowest BCUT2D eigenvalue weighted by Gasteiger charge is -2.13. The number of rotatable bonds is 2. The van der Waals surface area contributed by atoms with E-state index in [1.807, 2.05) is 6.92 Å². The second kappa shape index (κ2) is 4.57. The smallest absolute Gasteiger partial charge is 0.230 e. The average Bonchev–Trinajstić information content (AvgIpc) is 2.68. The van der Waals surface area contributed by atoms with Gasteiger partial charge in [-0.2, -0.15) is 4.39 Å². The third-order valence-corrected chi connectivity index (χ3v) is 2.71. The van der Waals surface area contributed by atoms with E-state index in [2.05, 4.69) is 10.3 Å². The highest BCUT2D eigenvalue weighted by molar-refractivity contribution is 5.92. The van der Waals surface area contributed by atoms with E-state index in [1.54, 1.807) is 0 Å². The fraction of sp³-hybridized carbons (Fsp3) is 0.455. The lowest BCUT2D eigenvalue weighted by atomic mass is 10.0. The Morgan fingerprint density at radius 2 is 2.44 bits per heavy atom. The predicted molar refractivity (Wildman–Crippen MR) is 56.3 cm³/mol. The molecular weight excluding hydrogens is 211 g/mol. The number of nitrogens with one attached hydrogen (secondary N) is 1. The summed E-state index contributed by atoms with van der Waals surface area (Å²) in [6.45, 7) is 2.49. The van der Waals surface area contributed by atoms with Gasteiger partial charge in [0.25, 0.3) is 0 Å². The largest absolute Gasteiger partial charge is 0.378 e. The van der Waals surface area contributed by atoms with Gasteiger partial charge in [0.05, 0.1) is 23.9 Å². The van der Waals surface area contributed by atoms with Crippen LogP contribution in [0.25, 0.3) is 0 Å². The monoisotopic (exact) mass is 224 g/mol. The number of nitrogens with zero attached hydrogens (tertiary/aromatic N) is 1. The number of pyridine rings is 1. The molecule has 2 heterocycles. The zero-order chi connectivity index (χ0) is 11.5. The SMILES string of the molecule is CC1OCCC1C(=O)Nc1ccc(F)nc1. The standard InChI is InChI=1S/C11H13FN2O2/c1-7-9(4-5-16-7)11(15)14-8-2-3-10(12)13-6-8/h2-3,6-7,9H,4-5H2,1H3,(H,14,15). The third-order valence-electron chi connectivity index (χ3n) is 2.71. The maximum Gasteiger partial charge on any atom is 0.230 e. The fourth-order valence-electron chi connectivity index (χ4n) is 1.76. The zero-order valence-corrected chi connectivity index (χ0v) is 8.94. The summed E-state index contributed by atoms with van der Waals surface area (Å²) in [5, 5.41) is 2.69. The van der Waals surface area contributed by atoms with Gasteiger partial charge in [-0.25, -0.2) is 4.98 Å². The molecule has 5 heteroatoms. The Hall–Kier alpha value is -1.49. The Bertz CT molecular complexity index is 380. The highest BCUT2D eigenvalue weighted by atomic mass is 19.1. The molecule has 1 aromatic rings. The van der Waals surface area contributed by atoms with E-state index in [1.165, 1.54) is 18.3 Å². The number of hydrogen-bond acceptors (Lipinski definition) is 3. The minimum atomic E-state index is -0.560. The van der Waals surface area contributed by atoms with E-state index < -0.39 is 5.95 Å². The summed E-state index contributed by atoms with van der Waals surface area (Å²) in [5.74, 6) is -0.793. The van der Waals surface area contributed by atoms with Gasteiger partial charge in [-0.15, -0.1) is 0 Å². The molecule has 0 bridgehead atoms. The highest BCUT2D eigenvalue weighted by Gasteiger charge is 2.30. The normalized spacial score (nSPS) is 24.4. The van der Waals surface area contributed by atoms with Gasteiger partial charge in [-0.3, -0.25) is 4.79 Å². The molecule has 2 unspecified atom stereocenters. The van der Waals surface area contributed by atoms with E-state index in [0.717, 1.165) is 6.42 Å². The zero-order valence-electron chi connectivity index (χ0n) is 8.94. The molecule has 1 aliphatic heterocycles. The second-order valence-electron chi connectivity index (χ2n) is 3.83. The first-order valence-corrected chi connectivity index (χ1v) is 5.21. The van der Waals surface area contributed by atoms with E-state index in [0.29, 0.717) is 12.3 Å². The lowest BCUT2D eigenvalue weighted by Crippen LogP contribution is -2.27. The topological polar surface area (TPSA) is 51.2 Å². The molecule has 16 heavy (non-hydrogen) atoms. The van der Waals surface area contributed by atoms with Crippen LogP contribution in [0.1, 0.15) is 13.3 Å². The van der Waals surface area contributed by atoms with Crippen LogP contribution >= 0.6 is 0 Å². The van der Waals surface area contributed by atoms with Crippen LogP contribution in [0.3, 0.4) is 0 Å². The summed E-state index contributed by atoms with van der Waals surface area (Å²) >= 11 is 0. The molecule has 2 rings (SSSR count). The molecule has 1 N–H and O–H groups in total. The first-order chi connectivity index (χ1) is 7.66. The van der Waals surface area contributed by atoms with E-state index in [9.17, 15) is 9.18 Å². The van der Waals surface area contributed by atoms with Crippen molar-refractivity contribution in [2.75, 3.05) is 11.9 Å². The van der Waals surface area contributed by atoms with Crippen LogP contribution in [-0.4, -0.2) is 23.6 Å². The Labute approximate surface area is 92.8 Å². The van der Waals surface area contributed by atoms with Gasteiger partial charge in [0.15, 0.2) is 0 Å². The highest BCUT2D eigenvalue weighted by Crippen LogP contribution is 2.22. The van der Waals surface area contributed by atoms with Crippen LogP contribution in [-0.2, 0) is 9.53 Å². The molecule has 0 saturated carbocycles. The van der Waals surface area contributed by atoms with Gasteiger partial charge in [0.1, 0.15) is 0 Å². The van der Waals surface area contributed by atoms with Crippen molar-refractivity contribution in [3.05, 3.63) is 24.3 Å². The maximum atomic E-state index is 12.5. The summed E-state index contributed by atoms with van der Waals surface area (Å²) < 4.78 is 17.9. The van der Waals surface area contributed by atoms with Crippen molar-refractivity contribution in [3.8, 4) is 0 Å². The van der Waals surface area contributed by atoms with Crippen molar-refractivity contribution in [1.82, 2.24) is 4.98 Å². The number of carbonyl (C=O) groups is 1. The van der Waals surface area contributed by atoms with Crippen molar-refractivity contribution < 1.29 is 13.9 Å². The van der Waals surface area contributed by atoms with Crippen molar-refractivity contribution in [1.29, 1.82) is 0 Å². The van der Waals surface area contributed by atoms with E-state index in [-0.39, 0.29) is 17.9 Å². The van der Waals surface area contributed by atoms with Crippen LogP contribution in [0, 0.1) is 11.9 Å². The van der Waals surface area contributed by atoms with Crippen LogP contribution in [0.2, 0.25) is 0 Å². The van der Waals surface area contributed by atoms with Gasteiger partial charge in [0, 0.05) is 6.61 Å². The van der Waals surface area contributed by atoms with Crippen LogP contribution in [0.15, 0.2) is 18.3 Å². The molecular formula is C11H13FN2O2. The molecule has 0 spiro atoms. The van der Waals surface area contributed by atoms with Crippen LogP contribution in [0.5, 0.6) is 0 Å². The lowest BCUT2D eigenvalue weighted by molar-refractivity contribution is -0.121. The van der Waals surface area contributed by atoms with E-state index in [4.69, 9.17) is 4.74 Å². The summed E-state index contributed by atoms with van der Waals surface area (Å²) in [6.07, 6.45) is 1.96. The Balaban J connectivity index is 1.99. The first-order valence-electron chi connectivity index (χ1n) is 5.21. The molecule has 0 radical (unpaired) electrons. The summed E-state index contributed by atoms with van der Waals surface area (Å²) in [4.78, 5) is 15.3. The summed E-state index contributed by atoms with van der Waals surface area (Å²) in [7, 11) is 0. The number of amides is 1. The number of halogens is 1. The molecule has 0 aliphatic carbocycles. The van der Waals surface area contributed by atoms with Crippen molar-refractivity contribution >= 4 is 11.6 Å². The van der Waals surface area contributed by atoms with Crippen molar-refractivity contribution in [2.24, 2.45) is 5.92 Å². The van der Waals surface area contributed by atoms with E-state index >= 15 is 0 Å². The first kappa shape index (κ1) is 11.0. The number of aromatic nitrogens is 1. The Kier molecular flexibility index (Phi) is 3.14. The molecule has 2 atom stereocenters. The third kappa shape index (κ3) is 2.36. The second-order valence-corrected chi connectivity index (χ2v) is 3.83.